The molecule has 43 heavy (non-hydrogen) atoms. The normalized spacial score (nSPS) is 19.9. The number of halogens is 3. The topological polar surface area (TPSA) is 99.6 Å². The number of hydrogen-bond acceptors (Lipinski definition) is 7. The molecule has 2 fully saturated rings. The van der Waals surface area contributed by atoms with E-state index >= 15 is 0 Å². The molecule has 8 nitrogen and oxygen atoms in total. The number of rotatable bonds is 10. The molecule has 0 unspecified atom stereocenters. The molecule has 6 rings (SSSR count). The van der Waals surface area contributed by atoms with Gasteiger partial charge in [-0.05, 0) is 61.9 Å². The Morgan fingerprint density at radius 1 is 1.09 bits per heavy atom. The molecule has 0 bridgehead atoms. The van der Waals surface area contributed by atoms with E-state index < -0.39 is 11.6 Å². The van der Waals surface area contributed by atoms with Crippen LogP contribution in [0.15, 0.2) is 47.0 Å². The molecule has 0 saturated heterocycles. The summed E-state index contributed by atoms with van der Waals surface area (Å²) in [4.78, 5) is 12.1. The maximum Gasteiger partial charge on any atom is 0.358 e. The average Bonchev–Trinajstić information content (AvgIpc) is 3.58. The Kier molecular flexibility index (Phi) is 8.24. The molecular formula is C32H32Cl3N3O5. The van der Waals surface area contributed by atoms with Gasteiger partial charge in [0.1, 0.15) is 23.8 Å². The number of carbonyl (C=O) groups excluding carboxylic acids is 1. The fourth-order valence-electron chi connectivity index (χ4n) is 5.81. The molecule has 0 radical (unpaired) electrons. The lowest BCUT2D eigenvalue weighted by Crippen LogP contribution is -2.41. The summed E-state index contributed by atoms with van der Waals surface area (Å²) in [5.41, 5.74) is 2.69. The minimum atomic E-state index is -1.11. The van der Waals surface area contributed by atoms with Gasteiger partial charge in [0, 0.05) is 35.2 Å². The number of ether oxygens (including phenoxy) is 2. The number of nitrogens with zero attached hydrogens (tertiary/aromatic N) is 3. The number of carbonyl (C=O) groups is 1. The van der Waals surface area contributed by atoms with E-state index in [-0.39, 0.29) is 18.2 Å². The summed E-state index contributed by atoms with van der Waals surface area (Å²) in [5.74, 6) is 1.51. The van der Waals surface area contributed by atoms with E-state index in [1.165, 1.54) is 7.11 Å². The third-order valence-corrected chi connectivity index (χ3v) is 9.06. The first-order chi connectivity index (χ1) is 20.6. The minimum Gasteiger partial charge on any atom is -0.489 e. The summed E-state index contributed by atoms with van der Waals surface area (Å²) in [6.07, 6.45) is 2.95. The zero-order valence-electron chi connectivity index (χ0n) is 24.1. The molecule has 0 amide bonds. The summed E-state index contributed by atoms with van der Waals surface area (Å²) in [6, 6.07) is 12.4. The highest BCUT2D eigenvalue weighted by atomic mass is 35.5. The predicted molar refractivity (Wildman–Crippen MR) is 164 cm³/mol. The van der Waals surface area contributed by atoms with E-state index in [2.05, 4.69) is 24.1 Å². The third-order valence-electron chi connectivity index (χ3n) is 8.12. The van der Waals surface area contributed by atoms with Crippen LogP contribution in [0.1, 0.15) is 84.4 Å². The van der Waals surface area contributed by atoms with Crippen molar-refractivity contribution in [2.24, 2.45) is 5.92 Å². The van der Waals surface area contributed by atoms with Crippen LogP contribution in [-0.4, -0.2) is 33.1 Å². The Bertz CT molecular complexity index is 1650. The number of esters is 1. The first kappa shape index (κ1) is 30.0. The van der Waals surface area contributed by atoms with Gasteiger partial charge in [-0.15, -0.1) is 0 Å². The number of hydrogen-bond donors (Lipinski definition) is 1. The third kappa shape index (κ3) is 5.90. The Morgan fingerprint density at radius 3 is 2.44 bits per heavy atom. The van der Waals surface area contributed by atoms with Gasteiger partial charge in [-0.2, -0.15) is 5.10 Å². The van der Waals surface area contributed by atoms with E-state index in [0.717, 1.165) is 29.9 Å². The molecule has 0 spiro atoms. The lowest BCUT2D eigenvalue weighted by Gasteiger charge is -2.44. The summed E-state index contributed by atoms with van der Waals surface area (Å²) in [7, 11) is 1.34. The zero-order valence-corrected chi connectivity index (χ0v) is 26.3. The van der Waals surface area contributed by atoms with Crippen molar-refractivity contribution in [2.45, 2.75) is 70.1 Å². The van der Waals surface area contributed by atoms with Crippen LogP contribution < -0.4 is 4.74 Å². The summed E-state index contributed by atoms with van der Waals surface area (Å²) in [6.45, 7) is 5.03. The molecule has 0 atom stereocenters. The SMILES string of the molecule is COC(=O)c1cc(C2CC(O)(c3ccc(OCc4c(-c5c(Cl)cccc5Cl)noc4C4CC4)cc3Cl)C2)n(CC(C)C)n1. The van der Waals surface area contributed by atoms with Crippen LogP contribution in [0, 0.1) is 5.92 Å². The van der Waals surface area contributed by atoms with Crippen molar-refractivity contribution in [2.75, 3.05) is 7.11 Å². The largest absolute Gasteiger partial charge is 0.489 e. The summed E-state index contributed by atoms with van der Waals surface area (Å²) in [5, 5.41) is 21.7. The average molecular weight is 645 g/mol. The lowest BCUT2D eigenvalue weighted by molar-refractivity contribution is -0.0568. The Hall–Kier alpha value is -3.04. The minimum absolute atomic E-state index is 0.0196. The number of methoxy groups -OCH3 is 1. The maximum atomic E-state index is 12.1. The van der Waals surface area contributed by atoms with Crippen LogP contribution in [-0.2, 0) is 23.5 Å². The van der Waals surface area contributed by atoms with Crippen molar-refractivity contribution in [3.63, 3.8) is 0 Å². The molecule has 226 valence electrons. The molecule has 2 aromatic carbocycles. The highest BCUT2D eigenvalue weighted by Gasteiger charge is 2.47. The Balaban J connectivity index is 1.19. The molecule has 2 heterocycles. The van der Waals surface area contributed by atoms with Crippen molar-refractivity contribution >= 4 is 40.8 Å². The van der Waals surface area contributed by atoms with Crippen molar-refractivity contribution in [1.29, 1.82) is 0 Å². The van der Waals surface area contributed by atoms with E-state index in [1.807, 2.05) is 4.68 Å². The van der Waals surface area contributed by atoms with Crippen molar-refractivity contribution in [3.05, 3.63) is 85.8 Å². The molecule has 1 N–H and O–H groups in total. The number of benzene rings is 2. The Labute approximate surface area is 264 Å². The van der Waals surface area contributed by atoms with Gasteiger partial charge in [0.15, 0.2) is 5.69 Å². The molecule has 2 saturated carbocycles. The zero-order chi connectivity index (χ0) is 30.5. The Morgan fingerprint density at radius 2 is 1.81 bits per heavy atom. The van der Waals surface area contributed by atoms with Gasteiger partial charge < -0.3 is 19.1 Å². The quantitative estimate of drug-likeness (QED) is 0.174. The molecular weight excluding hydrogens is 613 g/mol. The van der Waals surface area contributed by atoms with Gasteiger partial charge in [0.2, 0.25) is 0 Å². The summed E-state index contributed by atoms with van der Waals surface area (Å²) < 4.78 is 18.6. The highest BCUT2D eigenvalue weighted by Crippen LogP contribution is 2.53. The standard InChI is InChI=1S/C32H32Cl3N3O5/c1-17(2)15-38-27(12-26(36-38)31(39)41-3)19-13-32(40,14-19)22-10-9-20(11-25(22)35)42-16-21-29(37-43-30(21)18-7-8-18)28-23(33)5-4-6-24(28)34/h4-6,9-12,17-19,40H,7-8,13-16H2,1-3H3. The molecule has 2 aromatic heterocycles. The van der Waals surface area contributed by atoms with Crippen LogP contribution in [0.25, 0.3) is 11.3 Å². The fraction of sp³-hybridized carbons (Fsp3) is 0.406. The van der Waals surface area contributed by atoms with Crippen LogP contribution >= 0.6 is 34.8 Å². The first-order valence-corrected chi connectivity index (χ1v) is 15.5. The van der Waals surface area contributed by atoms with Crippen molar-refractivity contribution in [3.8, 4) is 17.0 Å². The van der Waals surface area contributed by atoms with Gasteiger partial charge in [0.25, 0.3) is 0 Å². The molecule has 11 heteroatoms. The van der Waals surface area contributed by atoms with Gasteiger partial charge in [-0.3, -0.25) is 4.68 Å². The monoisotopic (exact) mass is 643 g/mol. The fourth-order valence-corrected chi connectivity index (χ4v) is 6.73. The van der Waals surface area contributed by atoms with E-state index in [0.29, 0.717) is 68.9 Å². The van der Waals surface area contributed by atoms with Crippen molar-refractivity contribution in [1.82, 2.24) is 14.9 Å². The second-order valence-electron chi connectivity index (χ2n) is 11.8. The predicted octanol–water partition coefficient (Wildman–Crippen LogP) is 8.16. The number of aliphatic hydroxyl groups is 1. The molecule has 0 aliphatic heterocycles. The molecule has 4 aromatic rings. The van der Waals surface area contributed by atoms with Crippen LogP contribution in [0.4, 0.5) is 0 Å². The van der Waals surface area contributed by atoms with Gasteiger partial charge in [-0.25, -0.2) is 4.79 Å². The lowest BCUT2D eigenvalue weighted by atomic mass is 9.66. The highest BCUT2D eigenvalue weighted by molar-refractivity contribution is 6.39. The second-order valence-corrected chi connectivity index (χ2v) is 13.1. The smallest absolute Gasteiger partial charge is 0.358 e. The molecule has 2 aliphatic carbocycles. The van der Waals surface area contributed by atoms with E-state index in [1.54, 1.807) is 42.5 Å². The van der Waals surface area contributed by atoms with E-state index in [4.69, 9.17) is 48.8 Å². The second kappa shape index (κ2) is 11.8. The first-order valence-electron chi connectivity index (χ1n) is 14.3. The maximum absolute atomic E-state index is 12.1. The summed E-state index contributed by atoms with van der Waals surface area (Å²) >= 11 is 19.7. The van der Waals surface area contributed by atoms with Crippen LogP contribution in [0.5, 0.6) is 5.75 Å². The van der Waals surface area contributed by atoms with Gasteiger partial charge in [-0.1, -0.05) is 65.9 Å². The van der Waals surface area contributed by atoms with Crippen LogP contribution in [0.3, 0.4) is 0 Å². The van der Waals surface area contributed by atoms with Crippen LogP contribution in [0.2, 0.25) is 15.1 Å². The van der Waals surface area contributed by atoms with Gasteiger partial charge >= 0.3 is 5.97 Å². The van der Waals surface area contributed by atoms with Gasteiger partial charge in [0.05, 0.1) is 33.3 Å². The van der Waals surface area contributed by atoms with Crippen molar-refractivity contribution < 1.29 is 23.9 Å². The molecule has 2 aliphatic rings. The number of aromatic nitrogens is 3. The van der Waals surface area contributed by atoms with E-state index in [9.17, 15) is 9.90 Å².